The van der Waals surface area contributed by atoms with Crippen molar-refractivity contribution in [2.24, 2.45) is 0 Å². The lowest BCUT2D eigenvalue weighted by Gasteiger charge is -2.17. The number of nitrogens with zero attached hydrogens (tertiary/aromatic N) is 2. The van der Waals surface area contributed by atoms with Crippen molar-refractivity contribution in [3.63, 3.8) is 0 Å². The zero-order chi connectivity index (χ0) is 22.9. The van der Waals surface area contributed by atoms with Crippen LogP contribution in [-0.2, 0) is 22.4 Å². The first kappa shape index (κ1) is 23.7. The number of carboxylic acid groups (broad SMARTS) is 1. The number of hydrogen-bond donors (Lipinski definition) is 3. The molecule has 8 heteroatoms. The van der Waals surface area contributed by atoms with Crippen molar-refractivity contribution in [2.45, 2.75) is 58.4 Å². The fraction of sp³-hybridized carbons (Fsp3) is 0.500. The van der Waals surface area contributed by atoms with Crippen molar-refractivity contribution in [3.05, 3.63) is 52.5 Å². The molecule has 1 atom stereocenters. The van der Waals surface area contributed by atoms with Gasteiger partial charge in [-0.05, 0) is 69.2 Å². The van der Waals surface area contributed by atoms with Crippen LogP contribution in [-0.4, -0.2) is 52.8 Å². The maximum absolute atomic E-state index is 12.5. The predicted molar refractivity (Wildman–Crippen MR) is 122 cm³/mol. The smallest absolute Gasteiger partial charge is 0.326 e. The number of pyridine rings is 2. The summed E-state index contributed by atoms with van der Waals surface area (Å²) in [4.78, 5) is 32.9. The number of rotatable bonds is 11. The summed E-state index contributed by atoms with van der Waals surface area (Å²) in [5.74, 6) is -0.482. The van der Waals surface area contributed by atoms with Crippen LogP contribution < -0.4 is 10.6 Å². The van der Waals surface area contributed by atoms with Crippen LogP contribution in [0.5, 0.6) is 0 Å². The van der Waals surface area contributed by atoms with E-state index in [1.807, 2.05) is 0 Å². The summed E-state index contributed by atoms with van der Waals surface area (Å²) in [6, 6.07) is 4.98. The van der Waals surface area contributed by atoms with Gasteiger partial charge in [0.15, 0.2) is 0 Å². The van der Waals surface area contributed by atoms with E-state index < -0.39 is 17.9 Å². The molecule has 3 N–H and O–H groups in total. The van der Waals surface area contributed by atoms with Gasteiger partial charge in [-0.2, -0.15) is 0 Å². The minimum Gasteiger partial charge on any atom is -0.480 e. The molecule has 2 aromatic rings. The molecular formula is C24H32N4O4. The zero-order valence-corrected chi connectivity index (χ0v) is 18.8. The number of aromatic nitrogens is 2. The number of aryl methyl sites for hydroxylation is 4. The molecule has 2 aromatic heterocycles. The van der Waals surface area contributed by atoms with Gasteiger partial charge in [-0.25, -0.2) is 9.78 Å². The zero-order valence-electron chi connectivity index (χ0n) is 18.8. The largest absolute Gasteiger partial charge is 0.480 e. The molecule has 1 amide bonds. The molecule has 8 nitrogen and oxygen atoms in total. The molecule has 32 heavy (non-hydrogen) atoms. The van der Waals surface area contributed by atoms with E-state index in [4.69, 9.17) is 9.72 Å². The van der Waals surface area contributed by atoms with Gasteiger partial charge in [0.1, 0.15) is 11.9 Å². The average molecular weight is 441 g/mol. The Balaban J connectivity index is 1.36. The molecule has 0 saturated carbocycles. The van der Waals surface area contributed by atoms with Gasteiger partial charge in [-0.3, -0.25) is 9.78 Å². The van der Waals surface area contributed by atoms with Gasteiger partial charge in [0.25, 0.3) is 5.91 Å². The van der Waals surface area contributed by atoms with Crippen molar-refractivity contribution >= 4 is 17.7 Å². The second-order valence-electron chi connectivity index (χ2n) is 8.15. The number of anilines is 1. The third-order valence-corrected chi connectivity index (χ3v) is 5.65. The fourth-order valence-electron chi connectivity index (χ4n) is 3.85. The number of fused-ring (bicyclic) bond motifs is 1. The van der Waals surface area contributed by atoms with Gasteiger partial charge in [-0.15, -0.1) is 0 Å². The third kappa shape index (κ3) is 6.50. The van der Waals surface area contributed by atoms with E-state index in [1.54, 1.807) is 26.1 Å². The Morgan fingerprint density at radius 3 is 2.84 bits per heavy atom. The molecule has 3 rings (SSSR count). The Bertz CT molecular complexity index is 927. The Kier molecular flexibility index (Phi) is 8.56. The van der Waals surface area contributed by atoms with E-state index >= 15 is 0 Å². The van der Waals surface area contributed by atoms with Crippen LogP contribution >= 0.6 is 0 Å². The Morgan fingerprint density at radius 2 is 2.06 bits per heavy atom. The number of amides is 1. The molecule has 172 valence electrons. The van der Waals surface area contributed by atoms with Gasteiger partial charge < -0.3 is 20.5 Å². The first-order valence-corrected chi connectivity index (χ1v) is 11.2. The second-order valence-corrected chi connectivity index (χ2v) is 8.15. The summed E-state index contributed by atoms with van der Waals surface area (Å²) in [5, 5.41) is 15.4. The summed E-state index contributed by atoms with van der Waals surface area (Å²) in [7, 11) is 0. The molecule has 0 unspecified atom stereocenters. The van der Waals surface area contributed by atoms with E-state index in [9.17, 15) is 14.7 Å². The van der Waals surface area contributed by atoms with Gasteiger partial charge in [0, 0.05) is 38.1 Å². The Hall–Kier alpha value is -3.00. The summed E-state index contributed by atoms with van der Waals surface area (Å²) in [5.41, 5.74) is 4.13. The highest BCUT2D eigenvalue weighted by molar-refractivity contribution is 5.98. The van der Waals surface area contributed by atoms with Crippen molar-refractivity contribution in [1.29, 1.82) is 0 Å². The van der Waals surface area contributed by atoms with Crippen LogP contribution in [0.2, 0.25) is 0 Å². The highest BCUT2D eigenvalue weighted by Crippen LogP contribution is 2.20. The molecule has 0 fully saturated rings. The van der Waals surface area contributed by atoms with E-state index in [-0.39, 0.29) is 13.0 Å². The van der Waals surface area contributed by atoms with Crippen molar-refractivity contribution < 1.29 is 19.4 Å². The van der Waals surface area contributed by atoms with Crippen molar-refractivity contribution in [3.8, 4) is 0 Å². The molecule has 1 aliphatic rings. The minimum atomic E-state index is -1.08. The summed E-state index contributed by atoms with van der Waals surface area (Å²) in [6.45, 7) is 5.33. The molecule has 0 aliphatic carbocycles. The predicted octanol–water partition coefficient (Wildman–Crippen LogP) is 3.06. The molecule has 3 heterocycles. The number of aliphatic carboxylic acids is 1. The lowest BCUT2D eigenvalue weighted by atomic mass is 10.1. The third-order valence-electron chi connectivity index (χ3n) is 5.65. The number of carbonyl (C=O) groups is 2. The van der Waals surface area contributed by atoms with Crippen LogP contribution in [0.4, 0.5) is 5.82 Å². The normalized spacial score (nSPS) is 13.7. The lowest BCUT2D eigenvalue weighted by molar-refractivity contribution is -0.139. The lowest BCUT2D eigenvalue weighted by Crippen LogP contribution is -2.42. The van der Waals surface area contributed by atoms with Crippen LogP contribution in [0.1, 0.15) is 58.6 Å². The van der Waals surface area contributed by atoms with Gasteiger partial charge in [0.2, 0.25) is 0 Å². The Labute approximate surface area is 188 Å². The molecule has 1 aliphatic heterocycles. The van der Waals surface area contributed by atoms with Gasteiger partial charge >= 0.3 is 5.97 Å². The molecule has 0 spiro atoms. The number of carbonyl (C=O) groups excluding carboxylic acids is 1. The maximum Gasteiger partial charge on any atom is 0.326 e. The highest BCUT2D eigenvalue weighted by Gasteiger charge is 2.22. The standard InChI is InChI=1S/C24H32N4O4/c1-16-10-13-25-17(2)21(16)23(29)28-20(24(30)31)11-15-32-14-4-3-7-19-9-8-18-6-5-12-26-22(18)27-19/h8-10,13,20H,3-7,11-12,14-15H2,1-2H3,(H,26,27)(H,28,29)(H,30,31)/t20-/m0/s1. The maximum atomic E-state index is 12.5. The van der Waals surface area contributed by atoms with Crippen molar-refractivity contribution in [2.75, 3.05) is 25.1 Å². The molecule has 0 radical (unpaired) electrons. The van der Waals surface area contributed by atoms with Crippen LogP contribution in [0.3, 0.4) is 0 Å². The molecule has 0 bridgehead atoms. The monoisotopic (exact) mass is 440 g/mol. The quantitative estimate of drug-likeness (QED) is 0.460. The number of hydrogen-bond acceptors (Lipinski definition) is 6. The Morgan fingerprint density at radius 1 is 1.22 bits per heavy atom. The topological polar surface area (TPSA) is 113 Å². The minimum absolute atomic E-state index is 0.206. The summed E-state index contributed by atoms with van der Waals surface area (Å²) < 4.78 is 5.62. The fourth-order valence-corrected chi connectivity index (χ4v) is 3.85. The average Bonchev–Trinajstić information content (AvgIpc) is 2.77. The number of carboxylic acids is 1. The van der Waals surface area contributed by atoms with Crippen LogP contribution in [0.25, 0.3) is 0 Å². The van der Waals surface area contributed by atoms with Gasteiger partial charge in [-0.1, -0.05) is 6.07 Å². The molecular weight excluding hydrogens is 408 g/mol. The SMILES string of the molecule is Cc1ccnc(C)c1C(=O)N[C@@H](CCOCCCCc1ccc2c(n1)NCCC2)C(=O)O. The molecule has 0 saturated heterocycles. The summed E-state index contributed by atoms with van der Waals surface area (Å²) >= 11 is 0. The van der Waals surface area contributed by atoms with Crippen LogP contribution in [0, 0.1) is 13.8 Å². The summed E-state index contributed by atoms with van der Waals surface area (Å²) in [6.07, 6.45) is 6.77. The first-order chi connectivity index (χ1) is 15.5. The highest BCUT2D eigenvalue weighted by atomic mass is 16.5. The van der Waals surface area contributed by atoms with Crippen LogP contribution in [0.15, 0.2) is 24.4 Å². The van der Waals surface area contributed by atoms with E-state index in [2.05, 4.69) is 27.8 Å². The van der Waals surface area contributed by atoms with Gasteiger partial charge in [0.05, 0.1) is 11.3 Å². The molecule has 0 aromatic carbocycles. The van der Waals surface area contributed by atoms with E-state index in [0.29, 0.717) is 17.9 Å². The second kappa shape index (κ2) is 11.6. The van der Waals surface area contributed by atoms with E-state index in [0.717, 1.165) is 55.7 Å². The van der Waals surface area contributed by atoms with E-state index in [1.165, 1.54) is 5.56 Å². The first-order valence-electron chi connectivity index (χ1n) is 11.2. The number of unbranched alkanes of at least 4 members (excludes halogenated alkanes) is 1. The number of ether oxygens (including phenoxy) is 1. The van der Waals surface area contributed by atoms with Crippen molar-refractivity contribution in [1.82, 2.24) is 15.3 Å². The number of nitrogens with one attached hydrogen (secondary N) is 2.